The average molecular weight is 260 g/mol. The molecule has 98 valence electrons. The molecule has 0 aliphatic heterocycles. The maximum atomic E-state index is 12.8. The maximum Gasteiger partial charge on any atom is 0.320 e. The summed E-state index contributed by atoms with van der Waals surface area (Å²) in [7, 11) is 0. The lowest BCUT2D eigenvalue weighted by atomic mass is 10.3. The molecule has 0 atom stereocenters. The topological polar surface area (TPSA) is 44.0 Å². The summed E-state index contributed by atoms with van der Waals surface area (Å²) >= 11 is 0. The van der Waals surface area contributed by atoms with Crippen molar-refractivity contribution in [2.45, 2.75) is 19.4 Å². The fourth-order valence-electron chi connectivity index (χ4n) is 2.04. The molecule has 2 aromatic rings. The van der Waals surface area contributed by atoms with Crippen LogP contribution >= 0.6 is 0 Å². The highest BCUT2D eigenvalue weighted by Gasteiger charge is 2.22. The molecule has 1 aromatic heterocycles. The van der Waals surface area contributed by atoms with Crippen molar-refractivity contribution in [1.29, 1.82) is 0 Å². The van der Waals surface area contributed by atoms with E-state index in [0.29, 0.717) is 18.2 Å². The van der Waals surface area contributed by atoms with Crippen molar-refractivity contribution >= 4 is 0 Å². The number of hydrogen-bond donors (Lipinski definition) is 0. The van der Waals surface area contributed by atoms with Crippen LogP contribution in [-0.2, 0) is 6.54 Å². The molecule has 19 heavy (non-hydrogen) atoms. The molecule has 0 spiro atoms. The summed E-state index contributed by atoms with van der Waals surface area (Å²) in [5.74, 6) is 0.151. The minimum atomic E-state index is -0.602. The molecule has 0 N–H and O–H groups in total. The zero-order valence-electron chi connectivity index (χ0n) is 10.3. The normalized spacial score (nSPS) is 14.6. The van der Waals surface area contributed by atoms with Crippen LogP contribution in [0.1, 0.15) is 12.8 Å². The van der Waals surface area contributed by atoms with Gasteiger partial charge in [0, 0.05) is 24.6 Å². The van der Waals surface area contributed by atoms with Crippen LogP contribution in [0.3, 0.4) is 0 Å². The van der Waals surface area contributed by atoms with E-state index in [1.54, 1.807) is 12.4 Å². The van der Waals surface area contributed by atoms with Crippen LogP contribution in [0.15, 0.2) is 46.2 Å². The molecule has 0 bridgehead atoms. The lowest BCUT2D eigenvalue weighted by Gasteiger charge is -2.08. The van der Waals surface area contributed by atoms with Crippen molar-refractivity contribution < 1.29 is 4.39 Å². The summed E-state index contributed by atoms with van der Waals surface area (Å²) in [5, 5.41) is 0. The molecule has 1 fully saturated rings. The Hall–Kier alpha value is -2.17. The number of benzene rings is 1. The lowest BCUT2D eigenvalue weighted by molar-refractivity contribution is 0.591. The summed E-state index contributed by atoms with van der Waals surface area (Å²) < 4.78 is 15.5. The van der Waals surface area contributed by atoms with Gasteiger partial charge in [-0.3, -0.25) is 14.2 Å². The molecule has 5 heteroatoms. The van der Waals surface area contributed by atoms with Crippen LogP contribution in [0.25, 0.3) is 5.69 Å². The molecule has 4 nitrogen and oxygen atoms in total. The highest BCUT2D eigenvalue weighted by Crippen LogP contribution is 2.29. The summed E-state index contributed by atoms with van der Waals surface area (Å²) in [5.41, 5.74) is -0.643. The SMILES string of the molecule is O=c1c(=O)n(-c2ccc(F)cc2)ccn1CC1CC1. The molecule has 0 unspecified atom stereocenters. The maximum absolute atomic E-state index is 12.8. The summed E-state index contributed by atoms with van der Waals surface area (Å²) in [6, 6.07) is 5.47. The molecule has 3 rings (SSSR count). The number of hydrogen-bond acceptors (Lipinski definition) is 2. The number of rotatable bonds is 3. The highest BCUT2D eigenvalue weighted by atomic mass is 19.1. The van der Waals surface area contributed by atoms with Crippen molar-refractivity contribution in [3.8, 4) is 5.69 Å². The fourth-order valence-corrected chi connectivity index (χ4v) is 2.04. The van der Waals surface area contributed by atoms with Gasteiger partial charge in [-0.15, -0.1) is 0 Å². The van der Waals surface area contributed by atoms with Gasteiger partial charge in [-0.05, 0) is 43.0 Å². The standard InChI is InChI=1S/C14H13FN2O2/c15-11-3-5-12(6-4-11)17-8-7-16(9-10-1-2-10)13(18)14(17)19/h3-8,10H,1-2,9H2. The summed E-state index contributed by atoms with van der Waals surface area (Å²) in [6.45, 7) is 0.609. The molecular weight excluding hydrogens is 247 g/mol. The van der Waals surface area contributed by atoms with E-state index in [0.717, 1.165) is 12.8 Å². The van der Waals surface area contributed by atoms with E-state index >= 15 is 0 Å². The predicted octanol–water partition coefficient (Wildman–Crippen LogP) is 1.55. The molecule has 1 saturated carbocycles. The Labute approximate surface area is 108 Å². The van der Waals surface area contributed by atoms with Crippen LogP contribution < -0.4 is 11.1 Å². The van der Waals surface area contributed by atoms with Gasteiger partial charge >= 0.3 is 11.1 Å². The number of nitrogens with zero attached hydrogens (tertiary/aromatic N) is 2. The average Bonchev–Trinajstić information content (AvgIpc) is 3.21. The first-order valence-electron chi connectivity index (χ1n) is 6.23. The van der Waals surface area contributed by atoms with Gasteiger partial charge in [0.25, 0.3) is 0 Å². The van der Waals surface area contributed by atoms with E-state index in [-0.39, 0.29) is 5.82 Å². The number of aromatic nitrogens is 2. The zero-order valence-corrected chi connectivity index (χ0v) is 10.3. The third-order valence-electron chi connectivity index (χ3n) is 3.31. The van der Waals surface area contributed by atoms with Crippen LogP contribution in [0.5, 0.6) is 0 Å². The first kappa shape index (κ1) is 11.9. The van der Waals surface area contributed by atoms with Crippen LogP contribution in [0.2, 0.25) is 0 Å². The van der Waals surface area contributed by atoms with E-state index in [2.05, 4.69) is 0 Å². The second-order valence-electron chi connectivity index (χ2n) is 4.85. The van der Waals surface area contributed by atoms with Crippen molar-refractivity contribution in [3.63, 3.8) is 0 Å². The Bertz CT molecular complexity index is 711. The van der Waals surface area contributed by atoms with Crippen molar-refractivity contribution in [2.24, 2.45) is 5.92 Å². The van der Waals surface area contributed by atoms with Gasteiger partial charge < -0.3 is 4.57 Å². The second-order valence-corrected chi connectivity index (χ2v) is 4.85. The van der Waals surface area contributed by atoms with Crippen molar-refractivity contribution in [2.75, 3.05) is 0 Å². The van der Waals surface area contributed by atoms with E-state index in [1.165, 1.54) is 33.4 Å². The van der Waals surface area contributed by atoms with E-state index in [4.69, 9.17) is 0 Å². The van der Waals surface area contributed by atoms with E-state index in [9.17, 15) is 14.0 Å². The predicted molar refractivity (Wildman–Crippen MR) is 69.0 cm³/mol. The third-order valence-corrected chi connectivity index (χ3v) is 3.31. The molecular formula is C14H13FN2O2. The van der Waals surface area contributed by atoms with Crippen LogP contribution in [0, 0.1) is 11.7 Å². The van der Waals surface area contributed by atoms with E-state index < -0.39 is 11.1 Å². The van der Waals surface area contributed by atoms with E-state index in [1.807, 2.05) is 0 Å². The van der Waals surface area contributed by atoms with Crippen molar-refractivity contribution in [3.05, 3.63) is 63.2 Å². The Morgan fingerprint density at radius 2 is 1.74 bits per heavy atom. The van der Waals surface area contributed by atoms with Gasteiger partial charge in [0.15, 0.2) is 0 Å². The Kier molecular flexibility index (Phi) is 2.81. The summed E-state index contributed by atoms with van der Waals surface area (Å²) in [4.78, 5) is 24.0. The monoisotopic (exact) mass is 260 g/mol. The lowest BCUT2D eigenvalue weighted by Crippen LogP contribution is -2.40. The first-order chi connectivity index (χ1) is 9.15. The minimum Gasteiger partial charge on any atom is -0.309 e. The largest absolute Gasteiger partial charge is 0.320 e. The zero-order chi connectivity index (χ0) is 13.4. The Balaban J connectivity index is 2.03. The van der Waals surface area contributed by atoms with Gasteiger partial charge in [0.1, 0.15) is 5.82 Å². The van der Waals surface area contributed by atoms with Gasteiger partial charge in [-0.25, -0.2) is 4.39 Å². The molecule has 1 aromatic carbocycles. The van der Waals surface area contributed by atoms with Crippen LogP contribution in [0.4, 0.5) is 4.39 Å². The number of halogens is 1. The highest BCUT2D eigenvalue weighted by molar-refractivity contribution is 5.31. The molecule has 1 heterocycles. The smallest absolute Gasteiger partial charge is 0.309 e. The van der Waals surface area contributed by atoms with Gasteiger partial charge in [-0.1, -0.05) is 0 Å². The second kappa shape index (κ2) is 4.50. The summed E-state index contributed by atoms with van der Waals surface area (Å²) in [6.07, 6.45) is 5.41. The quantitative estimate of drug-likeness (QED) is 0.786. The van der Waals surface area contributed by atoms with Crippen LogP contribution in [-0.4, -0.2) is 9.13 Å². The Morgan fingerprint density at radius 1 is 1.05 bits per heavy atom. The van der Waals surface area contributed by atoms with Gasteiger partial charge in [0.05, 0.1) is 0 Å². The molecule has 1 aliphatic rings. The molecule has 1 aliphatic carbocycles. The molecule has 0 saturated heterocycles. The van der Waals surface area contributed by atoms with Gasteiger partial charge in [0.2, 0.25) is 0 Å². The first-order valence-corrected chi connectivity index (χ1v) is 6.23. The van der Waals surface area contributed by atoms with Crippen molar-refractivity contribution in [1.82, 2.24) is 9.13 Å². The fraction of sp³-hybridized carbons (Fsp3) is 0.286. The molecule has 0 amide bonds. The Morgan fingerprint density at radius 3 is 2.37 bits per heavy atom. The van der Waals surface area contributed by atoms with Gasteiger partial charge in [-0.2, -0.15) is 0 Å². The third kappa shape index (κ3) is 2.36. The minimum absolute atomic E-state index is 0.376. The molecule has 0 radical (unpaired) electrons.